The van der Waals surface area contributed by atoms with Crippen LogP contribution in [0.1, 0.15) is 12.8 Å². The molecule has 0 aliphatic carbocycles. The lowest BCUT2D eigenvalue weighted by Gasteiger charge is -2.33. The number of morpholine rings is 1. The highest BCUT2D eigenvalue weighted by atomic mass is 16.5. The van der Waals surface area contributed by atoms with Crippen molar-refractivity contribution < 1.29 is 4.74 Å². The number of hydrogen-bond donors (Lipinski definition) is 1. The first-order valence-electron chi connectivity index (χ1n) is 9.58. The van der Waals surface area contributed by atoms with Gasteiger partial charge in [0.2, 0.25) is 5.95 Å². The molecule has 2 fully saturated rings. The normalized spacial score (nSPS) is 18.8. The van der Waals surface area contributed by atoms with E-state index in [1.54, 1.807) is 0 Å². The molecule has 26 heavy (non-hydrogen) atoms. The lowest BCUT2D eigenvalue weighted by molar-refractivity contribution is 0.122. The van der Waals surface area contributed by atoms with E-state index in [9.17, 15) is 0 Å². The molecule has 3 heterocycles. The van der Waals surface area contributed by atoms with Crippen LogP contribution >= 0.6 is 0 Å². The number of nitrogens with zero attached hydrogens (tertiary/aromatic N) is 4. The molecule has 0 amide bonds. The molecule has 0 saturated carbocycles. The Morgan fingerprint density at radius 3 is 2.50 bits per heavy atom. The van der Waals surface area contributed by atoms with Crippen molar-refractivity contribution in [3.8, 4) is 0 Å². The second-order valence-corrected chi connectivity index (χ2v) is 6.98. The van der Waals surface area contributed by atoms with E-state index < -0.39 is 0 Å². The quantitative estimate of drug-likeness (QED) is 0.892. The maximum absolute atomic E-state index is 5.41. The van der Waals surface area contributed by atoms with E-state index in [4.69, 9.17) is 4.74 Å². The van der Waals surface area contributed by atoms with Crippen LogP contribution in [0.15, 0.2) is 42.6 Å². The number of piperidine rings is 1. The molecule has 2 saturated heterocycles. The van der Waals surface area contributed by atoms with Crippen LogP contribution in [0.2, 0.25) is 0 Å². The lowest BCUT2D eigenvalue weighted by Crippen LogP contribution is -2.37. The summed E-state index contributed by atoms with van der Waals surface area (Å²) in [6, 6.07) is 12.7. The fraction of sp³-hybridized carbons (Fsp3) is 0.500. The highest BCUT2D eigenvalue weighted by Gasteiger charge is 2.20. The third kappa shape index (κ3) is 4.25. The second kappa shape index (κ2) is 8.36. The van der Waals surface area contributed by atoms with Gasteiger partial charge in [-0.2, -0.15) is 4.98 Å². The fourth-order valence-corrected chi connectivity index (χ4v) is 3.67. The van der Waals surface area contributed by atoms with E-state index >= 15 is 0 Å². The van der Waals surface area contributed by atoms with Gasteiger partial charge in [-0.05, 0) is 37.0 Å². The Labute approximate surface area is 155 Å². The van der Waals surface area contributed by atoms with E-state index in [1.807, 2.05) is 12.3 Å². The monoisotopic (exact) mass is 353 g/mol. The number of ether oxygens (including phenoxy) is 1. The van der Waals surface area contributed by atoms with Crippen LogP contribution in [0.3, 0.4) is 0 Å². The third-order valence-corrected chi connectivity index (χ3v) is 5.26. The minimum Gasteiger partial charge on any atom is -0.378 e. The van der Waals surface area contributed by atoms with Crippen LogP contribution in [-0.4, -0.2) is 55.9 Å². The smallest absolute Gasteiger partial charge is 0.224 e. The summed E-state index contributed by atoms with van der Waals surface area (Å²) in [5, 5.41) is 3.45. The molecule has 1 aromatic heterocycles. The van der Waals surface area contributed by atoms with Crippen LogP contribution in [0.5, 0.6) is 0 Å². The summed E-state index contributed by atoms with van der Waals surface area (Å²) in [7, 11) is 0. The molecule has 0 spiro atoms. The highest BCUT2D eigenvalue weighted by Crippen LogP contribution is 2.23. The SMILES string of the molecule is c1ccc(N2CCC(CNc3nccc(N4CCOCC4)n3)CC2)cc1. The van der Waals surface area contributed by atoms with Crippen molar-refractivity contribution >= 4 is 17.5 Å². The van der Waals surface area contributed by atoms with Crippen LogP contribution in [0.25, 0.3) is 0 Å². The lowest BCUT2D eigenvalue weighted by atomic mass is 9.96. The van der Waals surface area contributed by atoms with E-state index in [2.05, 4.69) is 55.4 Å². The Balaban J connectivity index is 1.27. The summed E-state index contributed by atoms with van der Waals surface area (Å²) < 4.78 is 5.41. The van der Waals surface area contributed by atoms with Gasteiger partial charge < -0.3 is 19.9 Å². The zero-order chi connectivity index (χ0) is 17.6. The summed E-state index contributed by atoms with van der Waals surface area (Å²) in [5.41, 5.74) is 1.33. The summed E-state index contributed by atoms with van der Waals surface area (Å²) in [5.74, 6) is 2.40. The second-order valence-electron chi connectivity index (χ2n) is 6.98. The first-order valence-corrected chi connectivity index (χ1v) is 9.58. The van der Waals surface area contributed by atoms with Crippen LogP contribution in [0.4, 0.5) is 17.5 Å². The molecule has 0 bridgehead atoms. The topological polar surface area (TPSA) is 53.5 Å². The molecule has 4 rings (SSSR count). The number of hydrogen-bond acceptors (Lipinski definition) is 6. The van der Waals surface area contributed by atoms with Gasteiger partial charge >= 0.3 is 0 Å². The number of aromatic nitrogens is 2. The Bertz CT molecular complexity index is 682. The molecule has 0 unspecified atom stereocenters. The molecular weight excluding hydrogens is 326 g/mol. The van der Waals surface area contributed by atoms with Gasteiger partial charge in [-0.3, -0.25) is 0 Å². The van der Waals surface area contributed by atoms with E-state index in [0.29, 0.717) is 5.92 Å². The van der Waals surface area contributed by atoms with Gasteiger partial charge in [-0.25, -0.2) is 4.98 Å². The molecule has 2 aromatic rings. The Morgan fingerprint density at radius 2 is 1.73 bits per heavy atom. The number of rotatable bonds is 5. The Morgan fingerprint density at radius 1 is 0.962 bits per heavy atom. The van der Waals surface area contributed by atoms with E-state index in [1.165, 1.54) is 18.5 Å². The first-order chi connectivity index (χ1) is 12.9. The standard InChI is InChI=1S/C20H27N5O/c1-2-4-18(5-3-1)24-10-7-17(8-11-24)16-22-20-21-9-6-19(23-20)25-12-14-26-15-13-25/h1-6,9,17H,7-8,10-16H2,(H,21,22,23). The third-order valence-electron chi connectivity index (χ3n) is 5.26. The summed E-state index contributed by atoms with van der Waals surface area (Å²) in [6.07, 6.45) is 4.24. The predicted octanol–water partition coefficient (Wildman–Crippen LogP) is 2.64. The van der Waals surface area contributed by atoms with Crippen molar-refractivity contribution in [3.05, 3.63) is 42.6 Å². The average molecular weight is 353 g/mol. The largest absolute Gasteiger partial charge is 0.378 e. The van der Waals surface area contributed by atoms with Crippen molar-refractivity contribution in [1.29, 1.82) is 0 Å². The Kier molecular flexibility index (Phi) is 5.50. The molecular formula is C20H27N5O. The summed E-state index contributed by atoms with van der Waals surface area (Å²) >= 11 is 0. The summed E-state index contributed by atoms with van der Waals surface area (Å²) in [6.45, 7) is 6.51. The van der Waals surface area contributed by atoms with Gasteiger partial charge in [0.1, 0.15) is 5.82 Å². The van der Waals surface area contributed by atoms with Gasteiger partial charge in [0, 0.05) is 44.6 Å². The van der Waals surface area contributed by atoms with E-state index in [-0.39, 0.29) is 0 Å². The number of para-hydroxylation sites is 1. The predicted molar refractivity (Wildman–Crippen MR) is 105 cm³/mol. The molecule has 6 heteroatoms. The van der Waals surface area contributed by atoms with Crippen LogP contribution in [0, 0.1) is 5.92 Å². The van der Waals surface area contributed by atoms with Crippen LogP contribution in [-0.2, 0) is 4.74 Å². The number of benzene rings is 1. The maximum atomic E-state index is 5.41. The minimum absolute atomic E-state index is 0.672. The molecule has 0 atom stereocenters. The fourth-order valence-electron chi connectivity index (χ4n) is 3.67. The zero-order valence-corrected chi connectivity index (χ0v) is 15.2. The average Bonchev–Trinajstić information content (AvgIpc) is 2.74. The van der Waals surface area contributed by atoms with Gasteiger partial charge in [0.25, 0.3) is 0 Å². The van der Waals surface area contributed by atoms with Crippen molar-refractivity contribution in [2.24, 2.45) is 5.92 Å². The van der Waals surface area contributed by atoms with Gasteiger partial charge in [-0.1, -0.05) is 18.2 Å². The number of anilines is 3. The molecule has 138 valence electrons. The minimum atomic E-state index is 0.672. The van der Waals surface area contributed by atoms with Gasteiger partial charge in [-0.15, -0.1) is 0 Å². The van der Waals surface area contributed by atoms with Crippen molar-refractivity contribution in [2.75, 3.05) is 61.1 Å². The molecule has 1 N–H and O–H groups in total. The van der Waals surface area contributed by atoms with Crippen molar-refractivity contribution in [3.63, 3.8) is 0 Å². The summed E-state index contributed by atoms with van der Waals surface area (Å²) in [4.78, 5) is 13.8. The Hall–Kier alpha value is -2.34. The zero-order valence-electron chi connectivity index (χ0n) is 15.2. The number of nitrogens with one attached hydrogen (secondary N) is 1. The van der Waals surface area contributed by atoms with Crippen LogP contribution < -0.4 is 15.1 Å². The molecule has 2 aliphatic rings. The first kappa shape index (κ1) is 17.1. The maximum Gasteiger partial charge on any atom is 0.224 e. The molecule has 1 aromatic carbocycles. The molecule has 6 nitrogen and oxygen atoms in total. The molecule has 2 aliphatic heterocycles. The van der Waals surface area contributed by atoms with Crippen molar-refractivity contribution in [2.45, 2.75) is 12.8 Å². The van der Waals surface area contributed by atoms with Gasteiger partial charge in [0.15, 0.2) is 0 Å². The molecule has 0 radical (unpaired) electrons. The highest BCUT2D eigenvalue weighted by molar-refractivity contribution is 5.46. The van der Waals surface area contributed by atoms with Gasteiger partial charge in [0.05, 0.1) is 13.2 Å². The van der Waals surface area contributed by atoms with E-state index in [0.717, 1.165) is 57.7 Å². The van der Waals surface area contributed by atoms with Crippen molar-refractivity contribution in [1.82, 2.24) is 9.97 Å².